The normalized spacial score (nSPS) is 11.8. The van der Waals surface area contributed by atoms with Crippen LogP contribution in [0.25, 0.3) is 0 Å². The predicted molar refractivity (Wildman–Crippen MR) is 83.9 cm³/mol. The fourth-order valence-corrected chi connectivity index (χ4v) is 1.64. The van der Waals surface area contributed by atoms with E-state index in [1.165, 1.54) is 0 Å². The van der Waals surface area contributed by atoms with Crippen LogP contribution in [0.1, 0.15) is 20.3 Å². The summed E-state index contributed by atoms with van der Waals surface area (Å²) >= 11 is 0. The minimum atomic E-state index is 0.0774. The maximum Gasteiger partial charge on any atom is 0.236 e. The zero-order valence-electron chi connectivity index (χ0n) is 13.4. The number of benzene rings is 1. The maximum atomic E-state index is 11.9. The molecule has 0 saturated carbocycles. The van der Waals surface area contributed by atoms with E-state index >= 15 is 0 Å². The van der Waals surface area contributed by atoms with Crippen LogP contribution in [0.4, 0.5) is 0 Å². The molecule has 118 valence electrons. The van der Waals surface area contributed by atoms with E-state index in [0.717, 1.165) is 17.9 Å². The first-order valence-electron chi connectivity index (χ1n) is 7.31. The Morgan fingerprint density at radius 2 is 1.90 bits per heavy atom. The Kier molecular flexibility index (Phi) is 7.61. The molecular formula is C16H26N2O3. The van der Waals surface area contributed by atoms with Crippen LogP contribution in [0.5, 0.6) is 11.5 Å². The average molecular weight is 294 g/mol. The van der Waals surface area contributed by atoms with Gasteiger partial charge in [-0.2, -0.15) is 0 Å². The van der Waals surface area contributed by atoms with Gasteiger partial charge in [-0.05, 0) is 37.6 Å². The van der Waals surface area contributed by atoms with Crippen LogP contribution >= 0.6 is 0 Å². The highest BCUT2D eigenvalue weighted by molar-refractivity contribution is 5.77. The number of amides is 1. The lowest BCUT2D eigenvalue weighted by Gasteiger charge is -2.19. The van der Waals surface area contributed by atoms with Gasteiger partial charge in [0.15, 0.2) is 0 Å². The zero-order valence-corrected chi connectivity index (χ0v) is 13.4. The number of rotatable bonds is 9. The van der Waals surface area contributed by atoms with E-state index in [-0.39, 0.29) is 5.91 Å². The number of hydrogen-bond acceptors (Lipinski definition) is 4. The molecule has 5 heteroatoms. The largest absolute Gasteiger partial charge is 0.497 e. The highest BCUT2D eigenvalue weighted by atomic mass is 16.5. The van der Waals surface area contributed by atoms with Gasteiger partial charge in [-0.15, -0.1) is 0 Å². The molecule has 0 bridgehead atoms. The second-order valence-electron chi connectivity index (χ2n) is 5.03. The van der Waals surface area contributed by atoms with Crippen LogP contribution < -0.4 is 14.8 Å². The molecule has 5 nitrogen and oxygen atoms in total. The first-order valence-corrected chi connectivity index (χ1v) is 7.31. The standard InChI is InChI=1S/C16H26N2O3/c1-5-13(2)17-12-16(19)18(3)10-11-21-15-8-6-14(20-4)7-9-15/h6-9,13,17H,5,10-12H2,1-4H3. The van der Waals surface area contributed by atoms with E-state index in [2.05, 4.69) is 19.2 Å². The van der Waals surface area contributed by atoms with Gasteiger partial charge in [0.2, 0.25) is 5.91 Å². The molecule has 1 unspecified atom stereocenters. The highest BCUT2D eigenvalue weighted by Crippen LogP contribution is 2.16. The van der Waals surface area contributed by atoms with E-state index < -0.39 is 0 Å². The van der Waals surface area contributed by atoms with Crippen molar-refractivity contribution in [1.29, 1.82) is 0 Å². The molecule has 0 radical (unpaired) electrons. The van der Waals surface area contributed by atoms with Crippen molar-refractivity contribution in [2.75, 3.05) is 33.9 Å². The Morgan fingerprint density at radius 1 is 1.29 bits per heavy atom. The first kappa shape index (κ1) is 17.3. The van der Waals surface area contributed by atoms with Gasteiger partial charge in [-0.1, -0.05) is 6.92 Å². The number of carbonyl (C=O) groups is 1. The van der Waals surface area contributed by atoms with Crippen molar-refractivity contribution in [2.45, 2.75) is 26.3 Å². The molecule has 0 saturated heterocycles. The quantitative estimate of drug-likeness (QED) is 0.756. The molecule has 1 rings (SSSR count). The van der Waals surface area contributed by atoms with E-state index in [1.807, 2.05) is 24.3 Å². The molecule has 0 aliphatic heterocycles. The number of ether oxygens (including phenoxy) is 2. The third kappa shape index (κ3) is 6.49. The van der Waals surface area contributed by atoms with Crippen molar-refractivity contribution in [3.05, 3.63) is 24.3 Å². The SMILES string of the molecule is CCC(C)NCC(=O)N(C)CCOc1ccc(OC)cc1. The summed E-state index contributed by atoms with van der Waals surface area (Å²) < 4.78 is 10.7. The summed E-state index contributed by atoms with van der Waals surface area (Å²) in [7, 11) is 3.42. The molecule has 0 heterocycles. The van der Waals surface area contributed by atoms with Crippen molar-refractivity contribution in [1.82, 2.24) is 10.2 Å². The molecule has 0 aliphatic rings. The lowest BCUT2D eigenvalue weighted by molar-refractivity contribution is -0.129. The Bertz CT molecular complexity index is 420. The van der Waals surface area contributed by atoms with Crippen LogP contribution in [0, 0.1) is 0 Å². The van der Waals surface area contributed by atoms with Crippen LogP contribution in [-0.4, -0.2) is 50.7 Å². The van der Waals surface area contributed by atoms with Crippen LogP contribution in [0.2, 0.25) is 0 Å². The summed E-state index contributed by atoms with van der Waals surface area (Å²) in [5, 5.41) is 3.19. The van der Waals surface area contributed by atoms with Crippen LogP contribution in [-0.2, 0) is 4.79 Å². The summed E-state index contributed by atoms with van der Waals surface area (Å²) in [5.41, 5.74) is 0. The number of methoxy groups -OCH3 is 1. The van der Waals surface area contributed by atoms with Gasteiger partial charge in [0.25, 0.3) is 0 Å². The maximum absolute atomic E-state index is 11.9. The van der Waals surface area contributed by atoms with Crippen molar-refractivity contribution in [3.8, 4) is 11.5 Å². The van der Waals surface area contributed by atoms with Crippen molar-refractivity contribution < 1.29 is 14.3 Å². The molecule has 1 N–H and O–H groups in total. The molecule has 1 amide bonds. The minimum absolute atomic E-state index is 0.0774. The number of nitrogens with zero attached hydrogens (tertiary/aromatic N) is 1. The fraction of sp³-hybridized carbons (Fsp3) is 0.562. The molecule has 1 aromatic carbocycles. The van der Waals surface area contributed by atoms with Crippen LogP contribution in [0.15, 0.2) is 24.3 Å². The molecular weight excluding hydrogens is 268 g/mol. The number of hydrogen-bond donors (Lipinski definition) is 1. The molecule has 21 heavy (non-hydrogen) atoms. The molecule has 0 fully saturated rings. The van der Waals surface area contributed by atoms with Gasteiger partial charge >= 0.3 is 0 Å². The van der Waals surface area contributed by atoms with Crippen molar-refractivity contribution in [2.24, 2.45) is 0 Å². The molecule has 0 spiro atoms. The number of carbonyl (C=O) groups excluding carboxylic acids is 1. The summed E-state index contributed by atoms with van der Waals surface area (Å²) in [5.74, 6) is 1.65. The van der Waals surface area contributed by atoms with E-state index in [9.17, 15) is 4.79 Å². The summed E-state index contributed by atoms with van der Waals surface area (Å²) in [6, 6.07) is 7.76. The Labute approximate surface area is 127 Å². The third-order valence-corrected chi connectivity index (χ3v) is 3.39. The van der Waals surface area contributed by atoms with Crippen molar-refractivity contribution in [3.63, 3.8) is 0 Å². The summed E-state index contributed by atoms with van der Waals surface area (Å²) in [6.45, 7) is 5.56. The Morgan fingerprint density at radius 3 is 2.48 bits per heavy atom. The van der Waals surface area contributed by atoms with Gasteiger partial charge < -0.3 is 19.7 Å². The Hall–Kier alpha value is -1.75. The topological polar surface area (TPSA) is 50.8 Å². The first-order chi connectivity index (χ1) is 10.1. The monoisotopic (exact) mass is 294 g/mol. The van der Waals surface area contributed by atoms with Gasteiger partial charge in [0.1, 0.15) is 18.1 Å². The highest BCUT2D eigenvalue weighted by Gasteiger charge is 2.09. The lowest BCUT2D eigenvalue weighted by Crippen LogP contribution is -2.40. The zero-order chi connectivity index (χ0) is 15.7. The molecule has 0 aliphatic carbocycles. The molecule has 0 aromatic heterocycles. The summed E-state index contributed by atoms with van der Waals surface area (Å²) in [4.78, 5) is 13.6. The lowest BCUT2D eigenvalue weighted by atomic mass is 10.2. The third-order valence-electron chi connectivity index (χ3n) is 3.39. The predicted octanol–water partition coefficient (Wildman–Crippen LogP) is 1.92. The second-order valence-corrected chi connectivity index (χ2v) is 5.03. The van der Waals surface area contributed by atoms with Gasteiger partial charge in [0, 0.05) is 13.1 Å². The van der Waals surface area contributed by atoms with Gasteiger partial charge in [-0.3, -0.25) is 4.79 Å². The smallest absolute Gasteiger partial charge is 0.236 e. The summed E-state index contributed by atoms with van der Waals surface area (Å²) in [6.07, 6.45) is 1.01. The van der Waals surface area contributed by atoms with Gasteiger partial charge in [-0.25, -0.2) is 0 Å². The Balaban J connectivity index is 2.25. The molecule has 1 aromatic rings. The average Bonchev–Trinajstić information content (AvgIpc) is 2.52. The van der Waals surface area contributed by atoms with Gasteiger partial charge in [0.05, 0.1) is 20.2 Å². The van der Waals surface area contributed by atoms with E-state index in [4.69, 9.17) is 9.47 Å². The number of nitrogens with one attached hydrogen (secondary N) is 1. The van der Waals surface area contributed by atoms with Crippen molar-refractivity contribution >= 4 is 5.91 Å². The fourth-order valence-electron chi connectivity index (χ4n) is 1.64. The molecule has 1 atom stereocenters. The number of likely N-dealkylation sites (N-methyl/N-ethyl adjacent to an activating group) is 1. The minimum Gasteiger partial charge on any atom is -0.497 e. The van der Waals surface area contributed by atoms with E-state index in [0.29, 0.717) is 25.7 Å². The van der Waals surface area contributed by atoms with Crippen LogP contribution in [0.3, 0.4) is 0 Å². The second kappa shape index (κ2) is 9.23. The van der Waals surface area contributed by atoms with E-state index in [1.54, 1.807) is 19.1 Å².